The van der Waals surface area contributed by atoms with Gasteiger partial charge in [0.25, 0.3) is 0 Å². The molecule has 0 radical (unpaired) electrons. The first-order valence-electron chi connectivity index (χ1n) is 13.0. The van der Waals surface area contributed by atoms with Crippen LogP contribution in [0.5, 0.6) is 17.2 Å². The average molecular weight is 497 g/mol. The second-order valence-electron chi connectivity index (χ2n) is 9.27. The molecule has 0 saturated heterocycles. The molecule has 2 aromatic rings. The molecule has 1 saturated carbocycles. The van der Waals surface area contributed by atoms with Crippen molar-refractivity contribution < 1.29 is 23.8 Å². The molecule has 0 unspecified atom stereocenters. The van der Waals surface area contributed by atoms with Crippen molar-refractivity contribution in [1.29, 1.82) is 0 Å². The summed E-state index contributed by atoms with van der Waals surface area (Å²) in [5.41, 5.74) is 0.932. The van der Waals surface area contributed by atoms with Gasteiger partial charge >= 0.3 is 0 Å². The molecule has 0 aliphatic heterocycles. The minimum atomic E-state index is -0.520. The highest BCUT2D eigenvalue weighted by Gasteiger charge is 2.30. The summed E-state index contributed by atoms with van der Waals surface area (Å²) in [4.78, 5) is 28.5. The summed E-state index contributed by atoms with van der Waals surface area (Å²) in [5, 5.41) is 3.22. The maximum atomic E-state index is 13.4. The van der Waals surface area contributed by atoms with E-state index in [0.717, 1.165) is 48.5 Å². The molecule has 0 heterocycles. The molecule has 1 aliphatic carbocycles. The Kier molecular flexibility index (Phi) is 10.9. The summed E-state index contributed by atoms with van der Waals surface area (Å²) in [6.07, 6.45) is 6.93. The molecular weight excluding hydrogens is 456 g/mol. The first-order chi connectivity index (χ1) is 17.5. The first-order valence-corrected chi connectivity index (χ1v) is 13.0. The number of ether oxygens (including phenoxy) is 3. The monoisotopic (exact) mass is 496 g/mol. The Balaban J connectivity index is 1.65. The van der Waals surface area contributed by atoms with Crippen LogP contribution in [0.4, 0.5) is 0 Å². The summed E-state index contributed by atoms with van der Waals surface area (Å²) < 4.78 is 16.3. The largest absolute Gasteiger partial charge is 0.497 e. The SMILES string of the molecule is CC[C@H](C(=O)NC1CCCCC1)N(Cc1cccc(OC)c1)C(=O)CCCOc1ccc(OC)cc1. The molecular formula is C29H40N2O5. The van der Waals surface area contributed by atoms with Crippen LogP contribution in [0, 0.1) is 0 Å². The van der Waals surface area contributed by atoms with Gasteiger partial charge in [-0.25, -0.2) is 0 Å². The number of benzene rings is 2. The Morgan fingerprint density at radius 2 is 1.67 bits per heavy atom. The third-order valence-electron chi connectivity index (χ3n) is 6.69. The van der Waals surface area contributed by atoms with Gasteiger partial charge in [0.1, 0.15) is 23.3 Å². The van der Waals surface area contributed by atoms with Crippen LogP contribution in [0.2, 0.25) is 0 Å². The van der Waals surface area contributed by atoms with Crippen LogP contribution in [-0.4, -0.2) is 49.6 Å². The van der Waals surface area contributed by atoms with E-state index in [1.807, 2.05) is 55.5 Å². The van der Waals surface area contributed by atoms with E-state index >= 15 is 0 Å². The molecule has 7 heteroatoms. The predicted molar refractivity (Wildman–Crippen MR) is 140 cm³/mol. The molecule has 2 aromatic carbocycles. The second-order valence-corrected chi connectivity index (χ2v) is 9.27. The smallest absolute Gasteiger partial charge is 0.243 e. The van der Waals surface area contributed by atoms with E-state index in [2.05, 4.69) is 5.32 Å². The Morgan fingerprint density at radius 1 is 0.972 bits per heavy atom. The van der Waals surface area contributed by atoms with Crippen LogP contribution < -0.4 is 19.5 Å². The number of methoxy groups -OCH3 is 2. The van der Waals surface area contributed by atoms with Crippen molar-refractivity contribution in [3.05, 3.63) is 54.1 Å². The molecule has 1 fully saturated rings. The van der Waals surface area contributed by atoms with Crippen molar-refractivity contribution in [2.24, 2.45) is 0 Å². The van der Waals surface area contributed by atoms with Crippen LogP contribution in [0.25, 0.3) is 0 Å². The van der Waals surface area contributed by atoms with E-state index in [9.17, 15) is 9.59 Å². The lowest BCUT2D eigenvalue weighted by Gasteiger charge is -2.33. The molecule has 0 bridgehead atoms. The molecule has 36 heavy (non-hydrogen) atoms. The summed E-state index contributed by atoms with van der Waals surface area (Å²) in [6, 6.07) is 14.7. The van der Waals surface area contributed by atoms with E-state index < -0.39 is 6.04 Å². The first kappa shape index (κ1) is 27.4. The fraction of sp³-hybridized carbons (Fsp3) is 0.517. The van der Waals surface area contributed by atoms with Crippen LogP contribution in [0.3, 0.4) is 0 Å². The van der Waals surface area contributed by atoms with Crippen LogP contribution in [0.15, 0.2) is 48.5 Å². The van der Waals surface area contributed by atoms with Gasteiger partial charge in [0, 0.05) is 19.0 Å². The summed E-state index contributed by atoms with van der Waals surface area (Å²) in [5.74, 6) is 2.11. The zero-order valence-corrected chi connectivity index (χ0v) is 21.8. The maximum absolute atomic E-state index is 13.4. The molecule has 3 rings (SSSR count). The summed E-state index contributed by atoms with van der Waals surface area (Å²) in [7, 11) is 3.25. The molecule has 0 spiro atoms. The van der Waals surface area contributed by atoms with Crippen molar-refractivity contribution in [2.45, 2.75) is 76.9 Å². The molecule has 0 aromatic heterocycles. The lowest BCUT2D eigenvalue weighted by molar-refractivity contribution is -0.142. The molecule has 2 amide bonds. The van der Waals surface area contributed by atoms with E-state index in [4.69, 9.17) is 14.2 Å². The highest BCUT2D eigenvalue weighted by Crippen LogP contribution is 2.21. The summed E-state index contributed by atoms with van der Waals surface area (Å²) in [6.45, 7) is 2.73. The van der Waals surface area contributed by atoms with Gasteiger partial charge in [-0.1, -0.05) is 38.3 Å². The predicted octanol–water partition coefficient (Wildman–Crippen LogP) is 5.12. The number of hydrogen-bond acceptors (Lipinski definition) is 5. The van der Waals surface area contributed by atoms with Gasteiger partial charge in [-0.2, -0.15) is 0 Å². The van der Waals surface area contributed by atoms with Crippen LogP contribution in [0.1, 0.15) is 63.9 Å². The van der Waals surface area contributed by atoms with Crippen LogP contribution in [-0.2, 0) is 16.1 Å². The normalized spacial score (nSPS) is 14.5. The van der Waals surface area contributed by atoms with Crippen molar-refractivity contribution in [1.82, 2.24) is 10.2 Å². The zero-order valence-electron chi connectivity index (χ0n) is 21.8. The number of amides is 2. The zero-order chi connectivity index (χ0) is 25.8. The third kappa shape index (κ3) is 8.18. The van der Waals surface area contributed by atoms with Crippen molar-refractivity contribution in [3.8, 4) is 17.2 Å². The van der Waals surface area contributed by atoms with Crippen LogP contribution >= 0.6 is 0 Å². The Hall–Kier alpha value is -3.22. The Morgan fingerprint density at radius 3 is 2.33 bits per heavy atom. The number of rotatable bonds is 13. The average Bonchev–Trinajstić information content (AvgIpc) is 2.92. The summed E-state index contributed by atoms with van der Waals surface area (Å²) >= 11 is 0. The van der Waals surface area contributed by atoms with Gasteiger partial charge in [-0.3, -0.25) is 9.59 Å². The van der Waals surface area contributed by atoms with E-state index in [1.54, 1.807) is 19.1 Å². The number of hydrogen-bond donors (Lipinski definition) is 1. The number of nitrogens with one attached hydrogen (secondary N) is 1. The minimum Gasteiger partial charge on any atom is -0.497 e. The van der Waals surface area contributed by atoms with E-state index in [0.29, 0.717) is 32.4 Å². The van der Waals surface area contributed by atoms with Crippen molar-refractivity contribution in [2.75, 3.05) is 20.8 Å². The van der Waals surface area contributed by atoms with Gasteiger partial charge in [0.2, 0.25) is 11.8 Å². The quantitative estimate of drug-likeness (QED) is 0.390. The Labute approximate surface area is 215 Å². The number of nitrogens with zero attached hydrogens (tertiary/aromatic N) is 1. The van der Waals surface area contributed by atoms with Gasteiger partial charge in [0.05, 0.1) is 20.8 Å². The second kappa shape index (κ2) is 14.4. The highest BCUT2D eigenvalue weighted by atomic mass is 16.5. The lowest BCUT2D eigenvalue weighted by atomic mass is 9.95. The van der Waals surface area contributed by atoms with Gasteiger partial charge in [-0.15, -0.1) is 0 Å². The third-order valence-corrected chi connectivity index (χ3v) is 6.69. The topological polar surface area (TPSA) is 77.1 Å². The van der Waals surface area contributed by atoms with Crippen molar-refractivity contribution in [3.63, 3.8) is 0 Å². The lowest BCUT2D eigenvalue weighted by Crippen LogP contribution is -2.51. The Bertz CT molecular complexity index is 956. The highest BCUT2D eigenvalue weighted by molar-refractivity contribution is 5.87. The van der Waals surface area contributed by atoms with Gasteiger partial charge in [-0.05, 0) is 67.6 Å². The number of carbonyl (C=O) groups is 2. The minimum absolute atomic E-state index is 0.0539. The fourth-order valence-corrected chi connectivity index (χ4v) is 4.66. The van der Waals surface area contributed by atoms with E-state index in [1.165, 1.54) is 6.42 Å². The molecule has 1 N–H and O–H groups in total. The molecule has 1 atom stereocenters. The molecule has 1 aliphatic rings. The molecule has 196 valence electrons. The van der Waals surface area contributed by atoms with Gasteiger partial charge in [0.15, 0.2) is 0 Å². The van der Waals surface area contributed by atoms with E-state index in [-0.39, 0.29) is 17.9 Å². The standard InChI is InChI=1S/C29H40N2O5/c1-4-27(29(33)30-23-11-6-5-7-12-23)31(21-22-10-8-13-26(20-22)35-3)28(32)14-9-19-36-25-17-15-24(34-2)16-18-25/h8,10,13,15-18,20,23,27H,4-7,9,11-12,14,19,21H2,1-3H3,(H,30,33)/t27-/m1/s1. The van der Waals surface area contributed by atoms with Gasteiger partial charge < -0.3 is 24.4 Å². The maximum Gasteiger partial charge on any atom is 0.243 e. The molecule has 7 nitrogen and oxygen atoms in total. The fourth-order valence-electron chi connectivity index (χ4n) is 4.66. The van der Waals surface area contributed by atoms with Crippen molar-refractivity contribution >= 4 is 11.8 Å². The number of carbonyl (C=O) groups excluding carboxylic acids is 2.